The summed E-state index contributed by atoms with van der Waals surface area (Å²) in [6.07, 6.45) is 1.65. The van der Waals surface area contributed by atoms with Crippen molar-refractivity contribution in [3.8, 4) is 0 Å². The van der Waals surface area contributed by atoms with Crippen LogP contribution >= 0.6 is 0 Å². The number of aryl methyl sites for hydroxylation is 1. The van der Waals surface area contributed by atoms with Crippen molar-refractivity contribution in [2.75, 3.05) is 13.3 Å². The first-order chi connectivity index (χ1) is 5.56. The van der Waals surface area contributed by atoms with E-state index in [0.717, 1.165) is 4.90 Å². The van der Waals surface area contributed by atoms with Crippen molar-refractivity contribution in [2.24, 2.45) is 4.36 Å². The molecular formula is C9H13NOS. The fourth-order valence-corrected chi connectivity index (χ4v) is 1.75. The van der Waals surface area contributed by atoms with Crippen molar-refractivity contribution >= 4 is 9.73 Å². The zero-order chi connectivity index (χ0) is 9.19. The molecule has 0 aliphatic rings. The van der Waals surface area contributed by atoms with Crippen LogP contribution in [0, 0.1) is 6.92 Å². The lowest BCUT2D eigenvalue weighted by Crippen LogP contribution is -1.96. The van der Waals surface area contributed by atoms with E-state index in [4.69, 9.17) is 0 Å². The van der Waals surface area contributed by atoms with Crippen LogP contribution in [0.4, 0.5) is 0 Å². The molecule has 0 N–H and O–H groups in total. The van der Waals surface area contributed by atoms with E-state index in [1.807, 2.05) is 31.2 Å². The standard InChI is InChI=1S/C9H13NOS/c1-8-4-6-9(7-5-8)12(3,11)10-2/h4-7H,1-3H3/t12-/m0/s1. The summed E-state index contributed by atoms with van der Waals surface area (Å²) < 4.78 is 15.5. The van der Waals surface area contributed by atoms with Crippen molar-refractivity contribution in [3.63, 3.8) is 0 Å². The molecule has 12 heavy (non-hydrogen) atoms. The van der Waals surface area contributed by atoms with Gasteiger partial charge in [0.05, 0.1) is 9.73 Å². The normalized spacial score (nSPS) is 15.2. The summed E-state index contributed by atoms with van der Waals surface area (Å²) in [5.41, 5.74) is 1.17. The number of hydrogen-bond acceptors (Lipinski definition) is 2. The first-order valence-corrected chi connectivity index (χ1v) is 5.65. The summed E-state index contributed by atoms with van der Waals surface area (Å²) in [5, 5.41) is 0. The van der Waals surface area contributed by atoms with Crippen LogP contribution in [0.25, 0.3) is 0 Å². The second kappa shape index (κ2) is 3.27. The van der Waals surface area contributed by atoms with Crippen LogP contribution in [-0.2, 0) is 9.73 Å². The molecule has 66 valence electrons. The van der Waals surface area contributed by atoms with Gasteiger partial charge in [0.1, 0.15) is 0 Å². The van der Waals surface area contributed by atoms with Gasteiger partial charge in [0.2, 0.25) is 0 Å². The predicted molar refractivity (Wildman–Crippen MR) is 51.9 cm³/mol. The minimum Gasteiger partial charge on any atom is -0.245 e. The largest absolute Gasteiger partial charge is 0.245 e. The summed E-state index contributed by atoms with van der Waals surface area (Å²) in [6, 6.07) is 7.63. The second-order valence-electron chi connectivity index (χ2n) is 2.80. The van der Waals surface area contributed by atoms with E-state index in [0.29, 0.717) is 0 Å². The lowest BCUT2D eigenvalue weighted by Gasteiger charge is -2.02. The summed E-state index contributed by atoms with van der Waals surface area (Å²) in [4.78, 5) is 0.801. The van der Waals surface area contributed by atoms with E-state index in [1.165, 1.54) is 5.56 Å². The monoisotopic (exact) mass is 183 g/mol. The Balaban J connectivity index is 3.24. The van der Waals surface area contributed by atoms with Gasteiger partial charge in [-0.1, -0.05) is 17.7 Å². The van der Waals surface area contributed by atoms with Gasteiger partial charge in [-0.3, -0.25) is 0 Å². The summed E-state index contributed by atoms with van der Waals surface area (Å²) in [5.74, 6) is 0. The maximum Gasteiger partial charge on any atom is 0.0720 e. The molecule has 0 unspecified atom stereocenters. The maximum absolute atomic E-state index is 11.7. The van der Waals surface area contributed by atoms with Crippen LogP contribution in [0.5, 0.6) is 0 Å². The molecule has 1 rings (SSSR count). The lowest BCUT2D eigenvalue weighted by atomic mass is 10.2. The molecule has 0 aliphatic carbocycles. The van der Waals surface area contributed by atoms with Gasteiger partial charge < -0.3 is 0 Å². The Labute approximate surface area is 73.8 Å². The number of hydrogen-bond donors (Lipinski definition) is 0. The third-order valence-corrected chi connectivity index (χ3v) is 3.65. The average Bonchev–Trinajstić information content (AvgIpc) is 2.05. The van der Waals surface area contributed by atoms with Crippen molar-refractivity contribution in [2.45, 2.75) is 11.8 Å². The van der Waals surface area contributed by atoms with Crippen LogP contribution in [0.1, 0.15) is 5.56 Å². The fraction of sp³-hybridized carbons (Fsp3) is 0.333. The molecule has 0 amide bonds. The topological polar surface area (TPSA) is 29.4 Å². The SMILES string of the molecule is CN=[S@@](C)(=O)c1ccc(C)cc1. The van der Waals surface area contributed by atoms with Crippen molar-refractivity contribution in [1.29, 1.82) is 0 Å². The van der Waals surface area contributed by atoms with E-state index < -0.39 is 9.73 Å². The first kappa shape index (κ1) is 9.26. The van der Waals surface area contributed by atoms with E-state index in [2.05, 4.69) is 4.36 Å². The summed E-state index contributed by atoms with van der Waals surface area (Å²) >= 11 is 0. The third kappa shape index (κ3) is 1.85. The van der Waals surface area contributed by atoms with E-state index in [-0.39, 0.29) is 0 Å². The second-order valence-corrected chi connectivity index (χ2v) is 5.24. The molecule has 0 radical (unpaired) electrons. The highest BCUT2D eigenvalue weighted by atomic mass is 32.2. The van der Waals surface area contributed by atoms with Crippen LogP contribution < -0.4 is 0 Å². The molecule has 0 saturated heterocycles. The van der Waals surface area contributed by atoms with Gasteiger partial charge in [-0.2, -0.15) is 0 Å². The highest BCUT2D eigenvalue weighted by molar-refractivity contribution is 7.93. The zero-order valence-electron chi connectivity index (χ0n) is 7.57. The van der Waals surface area contributed by atoms with Gasteiger partial charge in [0, 0.05) is 18.2 Å². The number of rotatable bonds is 1. The summed E-state index contributed by atoms with van der Waals surface area (Å²) in [6.45, 7) is 2.00. The Kier molecular flexibility index (Phi) is 2.52. The maximum atomic E-state index is 11.7. The van der Waals surface area contributed by atoms with Gasteiger partial charge in [-0.05, 0) is 19.1 Å². The fourth-order valence-electron chi connectivity index (χ4n) is 0.896. The Morgan fingerprint density at radius 2 is 1.75 bits per heavy atom. The first-order valence-electron chi connectivity index (χ1n) is 3.73. The van der Waals surface area contributed by atoms with Gasteiger partial charge >= 0.3 is 0 Å². The number of benzene rings is 1. The Morgan fingerprint density at radius 3 is 2.17 bits per heavy atom. The van der Waals surface area contributed by atoms with Crippen LogP contribution in [0.2, 0.25) is 0 Å². The summed E-state index contributed by atoms with van der Waals surface area (Å²) in [7, 11) is -0.554. The lowest BCUT2D eigenvalue weighted by molar-refractivity contribution is 0.680. The highest BCUT2D eigenvalue weighted by Gasteiger charge is 2.02. The smallest absolute Gasteiger partial charge is 0.0720 e. The molecule has 0 heterocycles. The molecule has 0 aromatic heterocycles. The quantitative estimate of drug-likeness (QED) is 0.655. The van der Waals surface area contributed by atoms with Crippen molar-refractivity contribution in [3.05, 3.63) is 29.8 Å². The minimum absolute atomic E-state index is 0.801. The third-order valence-electron chi connectivity index (χ3n) is 1.81. The van der Waals surface area contributed by atoms with Crippen LogP contribution in [-0.4, -0.2) is 17.5 Å². The van der Waals surface area contributed by atoms with Gasteiger partial charge in [0.15, 0.2) is 0 Å². The van der Waals surface area contributed by atoms with Gasteiger partial charge in [-0.15, -0.1) is 0 Å². The molecule has 1 aromatic carbocycles. The van der Waals surface area contributed by atoms with Crippen LogP contribution in [0.3, 0.4) is 0 Å². The molecule has 3 heteroatoms. The Hall–Kier alpha value is -0.830. The highest BCUT2D eigenvalue weighted by Crippen LogP contribution is 2.11. The molecule has 0 fully saturated rings. The van der Waals surface area contributed by atoms with E-state index in [1.54, 1.807) is 13.3 Å². The number of nitrogens with zero attached hydrogens (tertiary/aromatic N) is 1. The van der Waals surface area contributed by atoms with Crippen molar-refractivity contribution in [1.82, 2.24) is 0 Å². The average molecular weight is 183 g/mol. The molecule has 0 spiro atoms. The van der Waals surface area contributed by atoms with Gasteiger partial charge in [0.25, 0.3) is 0 Å². The molecule has 0 bridgehead atoms. The minimum atomic E-state index is -2.14. The van der Waals surface area contributed by atoms with E-state index >= 15 is 0 Å². The van der Waals surface area contributed by atoms with Gasteiger partial charge in [-0.25, -0.2) is 8.57 Å². The molecule has 0 saturated carbocycles. The molecular weight excluding hydrogens is 170 g/mol. The molecule has 2 nitrogen and oxygen atoms in total. The molecule has 0 aliphatic heterocycles. The zero-order valence-corrected chi connectivity index (χ0v) is 8.39. The molecule has 1 atom stereocenters. The van der Waals surface area contributed by atoms with Crippen LogP contribution in [0.15, 0.2) is 33.5 Å². The molecule has 1 aromatic rings. The Morgan fingerprint density at radius 1 is 1.25 bits per heavy atom. The van der Waals surface area contributed by atoms with E-state index in [9.17, 15) is 4.21 Å². The predicted octanol–water partition coefficient (Wildman–Crippen LogP) is 2.08. The van der Waals surface area contributed by atoms with Crippen molar-refractivity contribution < 1.29 is 4.21 Å². The Bertz CT molecular complexity index is 372.